The molecule has 2 fully saturated rings. The van der Waals surface area contributed by atoms with Crippen LogP contribution in [-0.2, 0) is 9.47 Å². The Morgan fingerprint density at radius 2 is 2.37 bits per heavy atom. The van der Waals surface area contributed by atoms with Crippen LogP contribution in [0.3, 0.4) is 0 Å². The second-order valence-electron chi connectivity index (χ2n) is 4.77. The summed E-state index contributed by atoms with van der Waals surface area (Å²) in [7, 11) is 0. The van der Waals surface area contributed by atoms with Crippen LogP contribution in [0.2, 0.25) is 0 Å². The molecule has 2 saturated heterocycles. The number of hydrogen-bond donors (Lipinski definition) is 0. The first kappa shape index (κ1) is 15.2. The van der Waals surface area contributed by atoms with Crippen LogP contribution in [0.1, 0.15) is 26.2 Å². The van der Waals surface area contributed by atoms with Gasteiger partial charge in [-0.3, -0.25) is 0 Å². The first-order valence-electron chi connectivity index (χ1n) is 6.58. The van der Waals surface area contributed by atoms with E-state index in [1.807, 2.05) is 6.08 Å². The second-order valence-corrected chi connectivity index (χ2v) is 6.93. The van der Waals surface area contributed by atoms with Crippen LogP contribution in [0.15, 0.2) is 24.0 Å². The minimum atomic E-state index is 0.125. The number of ether oxygens (including phenoxy) is 2. The fourth-order valence-corrected chi connectivity index (χ4v) is 3.56. The van der Waals surface area contributed by atoms with Crippen LogP contribution in [0.25, 0.3) is 0 Å². The highest BCUT2D eigenvalue weighted by molar-refractivity contribution is 9.09. The van der Waals surface area contributed by atoms with E-state index in [-0.39, 0.29) is 23.1 Å². The third-order valence-corrected chi connectivity index (χ3v) is 5.68. The van der Waals surface area contributed by atoms with Crippen LogP contribution in [-0.4, -0.2) is 28.0 Å². The molecule has 2 rings (SSSR count). The van der Waals surface area contributed by atoms with Crippen LogP contribution in [0.5, 0.6) is 0 Å². The lowest BCUT2D eigenvalue weighted by atomic mass is 10.1. The molecule has 4 heteroatoms. The van der Waals surface area contributed by atoms with Gasteiger partial charge in [0.25, 0.3) is 0 Å². The lowest BCUT2D eigenvalue weighted by Gasteiger charge is -2.18. The molecule has 19 heavy (non-hydrogen) atoms. The molecule has 0 bridgehead atoms. The summed E-state index contributed by atoms with van der Waals surface area (Å²) in [5.41, 5.74) is 0. The van der Waals surface area contributed by atoms with E-state index < -0.39 is 0 Å². The van der Waals surface area contributed by atoms with E-state index in [0.29, 0.717) is 4.83 Å². The SMILES string of the molecule is C#CC=CCC=C1OC2CC(C(Br)CC)OC2C1Br. The molecule has 0 aromatic heterocycles. The second kappa shape index (κ2) is 6.97. The van der Waals surface area contributed by atoms with Gasteiger partial charge < -0.3 is 9.47 Å². The molecule has 104 valence electrons. The Bertz CT molecular complexity index is 411. The van der Waals surface area contributed by atoms with Crippen molar-refractivity contribution in [1.82, 2.24) is 0 Å². The number of terminal acetylenes is 1. The molecule has 0 spiro atoms. The van der Waals surface area contributed by atoms with Gasteiger partial charge in [-0.15, -0.1) is 6.42 Å². The first-order chi connectivity index (χ1) is 9.17. The average molecular weight is 390 g/mol. The maximum absolute atomic E-state index is 6.10. The normalized spacial score (nSPS) is 37.3. The van der Waals surface area contributed by atoms with Gasteiger partial charge >= 0.3 is 0 Å². The van der Waals surface area contributed by atoms with Crippen molar-refractivity contribution in [3.8, 4) is 12.3 Å². The minimum Gasteiger partial charge on any atom is -0.491 e. The average Bonchev–Trinajstić information content (AvgIpc) is 2.95. The van der Waals surface area contributed by atoms with E-state index in [1.54, 1.807) is 6.08 Å². The highest BCUT2D eigenvalue weighted by Crippen LogP contribution is 2.42. The highest BCUT2D eigenvalue weighted by atomic mass is 79.9. The molecule has 0 aromatic carbocycles. The molecule has 0 N–H and O–H groups in total. The maximum Gasteiger partial charge on any atom is 0.128 e. The van der Waals surface area contributed by atoms with Crippen LogP contribution >= 0.6 is 31.9 Å². The number of rotatable bonds is 4. The smallest absolute Gasteiger partial charge is 0.128 e. The molecular formula is C15H18Br2O2. The summed E-state index contributed by atoms with van der Waals surface area (Å²) >= 11 is 7.35. The minimum absolute atomic E-state index is 0.125. The molecule has 0 amide bonds. The molecule has 0 saturated carbocycles. The molecule has 0 radical (unpaired) electrons. The van der Waals surface area contributed by atoms with E-state index in [9.17, 15) is 0 Å². The highest BCUT2D eigenvalue weighted by Gasteiger charge is 2.49. The van der Waals surface area contributed by atoms with Crippen molar-refractivity contribution in [2.24, 2.45) is 0 Å². The van der Waals surface area contributed by atoms with Gasteiger partial charge in [-0.05, 0) is 25.0 Å². The summed E-state index contributed by atoms with van der Waals surface area (Å²) in [5.74, 6) is 3.45. The van der Waals surface area contributed by atoms with Crippen molar-refractivity contribution in [1.29, 1.82) is 0 Å². The van der Waals surface area contributed by atoms with E-state index in [2.05, 4.69) is 50.8 Å². The van der Waals surface area contributed by atoms with Gasteiger partial charge in [-0.25, -0.2) is 0 Å². The molecule has 2 nitrogen and oxygen atoms in total. The summed E-state index contributed by atoms with van der Waals surface area (Å²) in [6.07, 6.45) is 14.2. The largest absolute Gasteiger partial charge is 0.491 e. The molecule has 2 heterocycles. The summed E-state index contributed by atoms with van der Waals surface area (Å²) in [6, 6.07) is 0. The molecule has 5 unspecified atom stereocenters. The Kier molecular flexibility index (Phi) is 5.56. The van der Waals surface area contributed by atoms with Gasteiger partial charge in [0.15, 0.2) is 0 Å². The zero-order chi connectivity index (χ0) is 13.8. The molecule has 2 aliphatic rings. The van der Waals surface area contributed by atoms with Gasteiger partial charge in [-0.1, -0.05) is 50.8 Å². The quantitative estimate of drug-likeness (QED) is 0.535. The van der Waals surface area contributed by atoms with Gasteiger partial charge in [0.1, 0.15) is 22.8 Å². The maximum atomic E-state index is 6.10. The van der Waals surface area contributed by atoms with Crippen molar-refractivity contribution in [2.75, 3.05) is 0 Å². The number of fused-ring (bicyclic) bond motifs is 1. The molecular weight excluding hydrogens is 372 g/mol. The Balaban J connectivity index is 1.93. The zero-order valence-corrected chi connectivity index (χ0v) is 14.1. The van der Waals surface area contributed by atoms with Crippen LogP contribution in [0, 0.1) is 12.3 Å². The number of alkyl halides is 2. The predicted molar refractivity (Wildman–Crippen MR) is 84.5 cm³/mol. The Hall–Kier alpha value is -0.240. The van der Waals surface area contributed by atoms with Gasteiger partial charge in [0.2, 0.25) is 0 Å². The van der Waals surface area contributed by atoms with Gasteiger partial charge in [0, 0.05) is 11.2 Å². The lowest BCUT2D eigenvalue weighted by Crippen LogP contribution is -2.25. The first-order valence-corrected chi connectivity index (χ1v) is 8.42. The Morgan fingerprint density at radius 3 is 3.00 bits per heavy atom. The van der Waals surface area contributed by atoms with Gasteiger partial charge in [0.05, 0.1) is 6.10 Å². The topological polar surface area (TPSA) is 18.5 Å². The summed E-state index contributed by atoms with van der Waals surface area (Å²) in [4.78, 5) is 0.561. The predicted octanol–water partition coefficient (Wildman–Crippen LogP) is 3.94. The van der Waals surface area contributed by atoms with Crippen molar-refractivity contribution in [3.63, 3.8) is 0 Å². The standard InChI is InChI=1S/C15H18Br2O2/c1-3-5-6-7-8-11-14(17)15-13(18-11)9-12(19-15)10(16)4-2/h1,5-6,8,10,12-15H,4,7,9H2,2H3. The molecule has 0 aromatic rings. The third kappa shape index (κ3) is 3.45. The van der Waals surface area contributed by atoms with Crippen molar-refractivity contribution < 1.29 is 9.47 Å². The Morgan fingerprint density at radius 1 is 1.58 bits per heavy atom. The summed E-state index contributed by atoms with van der Waals surface area (Å²) < 4.78 is 12.1. The third-order valence-electron chi connectivity index (χ3n) is 3.47. The lowest BCUT2D eigenvalue weighted by molar-refractivity contribution is 0.0416. The summed E-state index contributed by atoms with van der Waals surface area (Å²) in [6.45, 7) is 2.16. The van der Waals surface area contributed by atoms with E-state index in [0.717, 1.165) is 25.0 Å². The monoisotopic (exact) mass is 388 g/mol. The van der Waals surface area contributed by atoms with Crippen LogP contribution < -0.4 is 0 Å². The number of halogens is 2. The summed E-state index contributed by atoms with van der Waals surface area (Å²) in [5, 5.41) is 0. The van der Waals surface area contributed by atoms with Crippen molar-refractivity contribution in [3.05, 3.63) is 24.0 Å². The Labute approximate surface area is 131 Å². The van der Waals surface area contributed by atoms with Gasteiger partial charge in [-0.2, -0.15) is 0 Å². The number of hydrogen-bond acceptors (Lipinski definition) is 2. The molecule has 0 aliphatic carbocycles. The molecule has 2 aliphatic heterocycles. The number of allylic oxidation sites excluding steroid dienone is 3. The van der Waals surface area contributed by atoms with Crippen LogP contribution in [0.4, 0.5) is 0 Å². The van der Waals surface area contributed by atoms with Crippen molar-refractivity contribution >= 4 is 31.9 Å². The molecule has 5 atom stereocenters. The van der Waals surface area contributed by atoms with E-state index in [4.69, 9.17) is 15.9 Å². The van der Waals surface area contributed by atoms with E-state index in [1.165, 1.54) is 0 Å². The fraction of sp³-hybridized carbons (Fsp3) is 0.600. The van der Waals surface area contributed by atoms with Crippen molar-refractivity contribution in [2.45, 2.75) is 54.2 Å². The van der Waals surface area contributed by atoms with E-state index >= 15 is 0 Å². The fourth-order valence-electron chi connectivity index (χ4n) is 2.46. The zero-order valence-electron chi connectivity index (χ0n) is 10.9.